The van der Waals surface area contributed by atoms with Gasteiger partial charge in [0.15, 0.2) is 11.5 Å². The van der Waals surface area contributed by atoms with Gasteiger partial charge in [-0.25, -0.2) is 0 Å². The third-order valence-corrected chi connectivity index (χ3v) is 3.19. The van der Waals surface area contributed by atoms with Crippen molar-refractivity contribution < 1.29 is 14.6 Å². The Kier molecular flexibility index (Phi) is 4.09. The van der Waals surface area contributed by atoms with E-state index in [9.17, 15) is 0 Å². The Hall–Kier alpha value is -1.26. The highest BCUT2D eigenvalue weighted by Gasteiger charge is 2.16. The Balaban J connectivity index is 1.84. The van der Waals surface area contributed by atoms with E-state index in [1.54, 1.807) is 0 Å². The Labute approximate surface area is 108 Å². The van der Waals surface area contributed by atoms with Gasteiger partial charge in [0, 0.05) is 12.1 Å². The number of rotatable bonds is 6. The minimum atomic E-state index is -0.0227. The first kappa shape index (κ1) is 13.2. The molecule has 0 aliphatic carbocycles. The monoisotopic (exact) mass is 251 g/mol. The number of nitrogens with one attached hydrogen (secondary N) is 1. The molecule has 1 aliphatic heterocycles. The first-order chi connectivity index (χ1) is 8.61. The maximum atomic E-state index is 8.95. The second kappa shape index (κ2) is 5.59. The fourth-order valence-corrected chi connectivity index (χ4v) is 2.01. The quantitative estimate of drug-likeness (QED) is 0.808. The zero-order valence-electron chi connectivity index (χ0n) is 11.0. The number of aliphatic hydroxyl groups excluding tert-OH is 1. The molecule has 0 saturated heterocycles. The van der Waals surface area contributed by atoms with Gasteiger partial charge in [-0.2, -0.15) is 0 Å². The third kappa shape index (κ3) is 3.37. The van der Waals surface area contributed by atoms with Crippen LogP contribution in [-0.2, 0) is 6.42 Å². The lowest BCUT2D eigenvalue weighted by molar-refractivity contribution is 0.174. The molecule has 0 spiro atoms. The largest absolute Gasteiger partial charge is 0.454 e. The predicted molar refractivity (Wildman–Crippen MR) is 70.1 cm³/mol. The van der Waals surface area contributed by atoms with Crippen molar-refractivity contribution in [2.24, 2.45) is 0 Å². The van der Waals surface area contributed by atoms with E-state index >= 15 is 0 Å². The van der Waals surface area contributed by atoms with Crippen LogP contribution in [0, 0.1) is 0 Å². The van der Waals surface area contributed by atoms with Gasteiger partial charge < -0.3 is 19.9 Å². The fourth-order valence-electron chi connectivity index (χ4n) is 2.01. The van der Waals surface area contributed by atoms with Crippen molar-refractivity contribution in [3.8, 4) is 11.5 Å². The average molecular weight is 251 g/mol. The molecule has 0 amide bonds. The summed E-state index contributed by atoms with van der Waals surface area (Å²) in [6.45, 7) is 5.61. The topological polar surface area (TPSA) is 50.7 Å². The number of benzene rings is 1. The van der Waals surface area contributed by atoms with Gasteiger partial charge in [-0.3, -0.25) is 0 Å². The molecular weight excluding hydrogens is 230 g/mol. The summed E-state index contributed by atoms with van der Waals surface area (Å²) in [6.07, 6.45) is 1.69. The molecular formula is C14H21NO3. The molecule has 4 heteroatoms. The molecule has 1 aromatic carbocycles. The highest BCUT2D eigenvalue weighted by Crippen LogP contribution is 2.32. The van der Waals surface area contributed by atoms with Gasteiger partial charge in [-0.15, -0.1) is 0 Å². The number of aliphatic hydroxyl groups is 1. The molecule has 0 saturated carbocycles. The lowest BCUT2D eigenvalue weighted by Gasteiger charge is -2.25. The number of ether oxygens (including phenoxy) is 2. The minimum absolute atomic E-state index is 0.0227. The van der Waals surface area contributed by atoms with Crippen molar-refractivity contribution in [2.45, 2.75) is 32.2 Å². The van der Waals surface area contributed by atoms with E-state index < -0.39 is 0 Å². The van der Waals surface area contributed by atoms with Gasteiger partial charge in [0.25, 0.3) is 0 Å². The van der Waals surface area contributed by atoms with Gasteiger partial charge in [0.05, 0.1) is 0 Å². The third-order valence-electron chi connectivity index (χ3n) is 3.19. The van der Waals surface area contributed by atoms with Crippen LogP contribution in [0.1, 0.15) is 25.8 Å². The van der Waals surface area contributed by atoms with Gasteiger partial charge in [0.1, 0.15) is 0 Å². The highest BCUT2D eigenvalue weighted by atomic mass is 16.7. The van der Waals surface area contributed by atoms with Crippen LogP contribution < -0.4 is 14.8 Å². The van der Waals surface area contributed by atoms with Crippen LogP contribution in [0.25, 0.3) is 0 Å². The SMILES string of the molecule is CC(C)(CCO)NCCc1ccc2c(c1)OCO2. The molecule has 1 heterocycles. The first-order valence-corrected chi connectivity index (χ1v) is 6.35. The fraction of sp³-hybridized carbons (Fsp3) is 0.571. The first-order valence-electron chi connectivity index (χ1n) is 6.35. The smallest absolute Gasteiger partial charge is 0.231 e. The van der Waals surface area contributed by atoms with Crippen molar-refractivity contribution in [3.05, 3.63) is 23.8 Å². The molecule has 18 heavy (non-hydrogen) atoms. The molecule has 2 rings (SSSR count). The van der Waals surface area contributed by atoms with Crippen molar-refractivity contribution in [1.29, 1.82) is 0 Å². The normalized spacial score (nSPS) is 13.9. The van der Waals surface area contributed by atoms with E-state index in [1.807, 2.05) is 12.1 Å². The van der Waals surface area contributed by atoms with Crippen LogP contribution in [0.15, 0.2) is 18.2 Å². The number of hydrogen-bond acceptors (Lipinski definition) is 4. The maximum Gasteiger partial charge on any atom is 0.231 e. The van der Waals surface area contributed by atoms with Gasteiger partial charge in [-0.05, 0) is 50.9 Å². The molecule has 0 aromatic heterocycles. The summed E-state index contributed by atoms with van der Waals surface area (Å²) in [4.78, 5) is 0. The van der Waals surface area contributed by atoms with Crippen molar-refractivity contribution >= 4 is 0 Å². The summed E-state index contributed by atoms with van der Waals surface area (Å²) < 4.78 is 10.6. The molecule has 0 atom stereocenters. The lowest BCUT2D eigenvalue weighted by atomic mass is 10.0. The Morgan fingerprint density at radius 2 is 2.06 bits per heavy atom. The van der Waals surface area contributed by atoms with Gasteiger partial charge >= 0.3 is 0 Å². The van der Waals surface area contributed by atoms with Crippen LogP contribution in [0.5, 0.6) is 11.5 Å². The van der Waals surface area contributed by atoms with Crippen LogP contribution in [0.2, 0.25) is 0 Å². The van der Waals surface area contributed by atoms with Crippen LogP contribution in [0.3, 0.4) is 0 Å². The molecule has 0 bridgehead atoms. The summed E-state index contributed by atoms with van der Waals surface area (Å²) in [5.74, 6) is 1.66. The molecule has 1 aromatic rings. The van der Waals surface area contributed by atoms with Crippen LogP contribution >= 0.6 is 0 Å². The highest BCUT2D eigenvalue weighted by molar-refractivity contribution is 5.44. The number of fused-ring (bicyclic) bond motifs is 1. The number of hydrogen-bond donors (Lipinski definition) is 2. The van der Waals surface area contributed by atoms with Crippen molar-refractivity contribution in [3.63, 3.8) is 0 Å². The molecule has 0 fully saturated rings. The van der Waals surface area contributed by atoms with Gasteiger partial charge in [-0.1, -0.05) is 6.07 Å². The van der Waals surface area contributed by atoms with E-state index in [4.69, 9.17) is 14.6 Å². The Morgan fingerprint density at radius 3 is 2.83 bits per heavy atom. The minimum Gasteiger partial charge on any atom is -0.454 e. The zero-order valence-corrected chi connectivity index (χ0v) is 11.0. The van der Waals surface area contributed by atoms with E-state index in [0.717, 1.165) is 30.9 Å². The molecule has 2 N–H and O–H groups in total. The molecule has 100 valence electrons. The maximum absolute atomic E-state index is 8.95. The van der Waals surface area contributed by atoms with E-state index in [2.05, 4.69) is 25.2 Å². The average Bonchev–Trinajstić information content (AvgIpc) is 2.75. The Bertz CT molecular complexity index is 404. The molecule has 4 nitrogen and oxygen atoms in total. The molecule has 0 unspecified atom stereocenters. The predicted octanol–water partition coefficient (Wildman–Crippen LogP) is 1.71. The Morgan fingerprint density at radius 1 is 1.28 bits per heavy atom. The van der Waals surface area contributed by atoms with E-state index in [1.165, 1.54) is 5.56 Å². The summed E-state index contributed by atoms with van der Waals surface area (Å²) in [5, 5.41) is 12.4. The van der Waals surface area contributed by atoms with Crippen molar-refractivity contribution in [2.75, 3.05) is 19.9 Å². The van der Waals surface area contributed by atoms with Crippen molar-refractivity contribution in [1.82, 2.24) is 5.32 Å². The summed E-state index contributed by atoms with van der Waals surface area (Å²) in [7, 11) is 0. The summed E-state index contributed by atoms with van der Waals surface area (Å²) in [5.41, 5.74) is 1.21. The second-order valence-electron chi connectivity index (χ2n) is 5.22. The lowest BCUT2D eigenvalue weighted by Crippen LogP contribution is -2.41. The molecule has 1 aliphatic rings. The summed E-state index contributed by atoms with van der Waals surface area (Å²) >= 11 is 0. The second-order valence-corrected chi connectivity index (χ2v) is 5.22. The van der Waals surface area contributed by atoms with E-state index in [-0.39, 0.29) is 12.1 Å². The van der Waals surface area contributed by atoms with E-state index in [0.29, 0.717) is 6.79 Å². The van der Waals surface area contributed by atoms with Gasteiger partial charge in [0.2, 0.25) is 6.79 Å². The van der Waals surface area contributed by atoms with Crippen LogP contribution in [0.4, 0.5) is 0 Å². The summed E-state index contributed by atoms with van der Waals surface area (Å²) in [6, 6.07) is 6.05. The zero-order chi connectivity index (χ0) is 13.0. The molecule has 0 radical (unpaired) electrons. The van der Waals surface area contributed by atoms with Crippen LogP contribution in [-0.4, -0.2) is 30.6 Å². The standard InChI is InChI=1S/C14H21NO3/c1-14(2,6-8-16)15-7-5-11-3-4-12-13(9-11)18-10-17-12/h3-4,9,15-16H,5-8,10H2,1-2H3.